The van der Waals surface area contributed by atoms with E-state index in [0.29, 0.717) is 47.4 Å². The molecule has 1 amide bonds. The Morgan fingerprint density at radius 1 is 1.15 bits per heavy atom. The zero-order valence-corrected chi connectivity index (χ0v) is 23.1. The number of ether oxygens (including phenoxy) is 1. The molecule has 2 aliphatic rings. The molecule has 0 bridgehead atoms. The summed E-state index contributed by atoms with van der Waals surface area (Å²) in [5, 5.41) is 7.68. The number of benzene rings is 2. The molecule has 0 unspecified atom stereocenters. The van der Waals surface area contributed by atoms with Crippen molar-refractivity contribution in [2.24, 2.45) is 0 Å². The Morgan fingerprint density at radius 3 is 2.66 bits per heavy atom. The minimum atomic E-state index is -0.645. The molecule has 1 aromatic heterocycles. The maximum atomic E-state index is 14.6. The highest BCUT2D eigenvalue weighted by atomic mass is 19.1. The van der Waals surface area contributed by atoms with Gasteiger partial charge in [0.15, 0.2) is 5.82 Å². The highest BCUT2D eigenvalue weighted by molar-refractivity contribution is 6.02. The molecular weight excluding hydrogens is 532 g/mol. The molecule has 2 aliphatic heterocycles. The molecule has 2 saturated heterocycles. The van der Waals surface area contributed by atoms with Gasteiger partial charge in [-0.3, -0.25) is 9.63 Å². The Labute approximate surface area is 237 Å². The summed E-state index contributed by atoms with van der Waals surface area (Å²) in [6.45, 7) is 10.5. The van der Waals surface area contributed by atoms with Gasteiger partial charge in [0.1, 0.15) is 29.5 Å². The number of hydrogen-bond acceptors (Lipinski definition) is 9. The zero-order valence-electron chi connectivity index (χ0n) is 23.1. The van der Waals surface area contributed by atoms with Crippen molar-refractivity contribution in [3.8, 4) is 5.75 Å². The Hall–Kier alpha value is -4.29. The maximum absolute atomic E-state index is 14.6. The van der Waals surface area contributed by atoms with E-state index in [-0.39, 0.29) is 5.91 Å². The summed E-state index contributed by atoms with van der Waals surface area (Å²) in [5.74, 6) is -0.238. The second kappa shape index (κ2) is 12.5. The van der Waals surface area contributed by atoms with E-state index in [0.717, 1.165) is 44.5 Å². The van der Waals surface area contributed by atoms with Crippen molar-refractivity contribution in [1.29, 1.82) is 0 Å². The largest absolute Gasteiger partial charge is 0.494 e. The first kappa shape index (κ1) is 28.2. The molecular formula is C29H33F2N7O3. The Morgan fingerprint density at radius 2 is 1.95 bits per heavy atom. The quantitative estimate of drug-likeness (QED) is 0.360. The van der Waals surface area contributed by atoms with Crippen LogP contribution in [-0.2, 0) is 9.63 Å². The Bertz CT molecular complexity index is 1420. The first-order valence-corrected chi connectivity index (χ1v) is 13.5. The van der Waals surface area contributed by atoms with E-state index in [1.165, 1.54) is 29.6 Å². The third-order valence-electron chi connectivity index (χ3n) is 7.29. The monoisotopic (exact) mass is 565 g/mol. The summed E-state index contributed by atoms with van der Waals surface area (Å²) in [5.41, 5.74) is 2.33. The fraction of sp³-hybridized carbons (Fsp3) is 0.345. The SMILES string of the molecule is C=CC(=O)Nc1cc(Nc2cc(N3OCC[C@@H]3c3ccc(F)cc3F)ncn2)c(OC)cc1N1CCN(CC)CC1. The minimum absolute atomic E-state index is 0.316. The lowest BCUT2D eigenvalue weighted by Gasteiger charge is -2.36. The van der Waals surface area contributed by atoms with Crippen LogP contribution in [0.15, 0.2) is 55.4 Å². The lowest BCUT2D eigenvalue weighted by atomic mass is 10.0. The van der Waals surface area contributed by atoms with Gasteiger partial charge in [0, 0.05) is 56.4 Å². The molecule has 10 nitrogen and oxygen atoms in total. The van der Waals surface area contributed by atoms with Crippen LogP contribution in [-0.4, -0.2) is 67.2 Å². The predicted octanol–water partition coefficient (Wildman–Crippen LogP) is 4.66. The molecule has 2 N–H and O–H groups in total. The number of piperazine rings is 1. The number of likely N-dealkylation sites (N-methyl/N-ethyl adjacent to an activating group) is 1. The van der Waals surface area contributed by atoms with Crippen molar-refractivity contribution >= 4 is 34.6 Å². The molecule has 41 heavy (non-hydrogen) atoms. The van der Waals surface area contributed by atoms with Gasteiger partial charge in [0.25, 0.3) is 0 Å². The predicted molar refractivity (Wildman–Crippen MR) is 154 cm³/mol. The van der Waals surface area contributed by atoms with Gasteiger partial charge < -0.3 is 25.2 Å². The number of hydroxylamine groups is 1. The van der Waals surface area contributed by atoms with Crippen LogP contribution in [0.1, 0.15) is 24.9 Å². The minimum Gasteiger partial charge on any atom is -0.494 e. The van der Waals surface area contributed by atoms with Crippen molar-refractivity contribution in [3.05, 3.63) is 72.6 Å². The molecule has 3 heterocycles. The van der Waals surface area contributed by atoms with Crippen LogP contribution < -0.4 is 25.3 Å². The van der Waals surface area contributed by atoms with E-state index in [2.05, 4.69) is 43.9 Å². The van der Waals surface area contributed by atoms with E-state index in [1.807, 2.05) is 6.07 Å². The van der Waals surface area contributed by atoms with Gasteiger partial charge in [0.2, 0.25) is 5.91 Å². The fourth-order valence-corrected chi connectivity index (χ4v) is 5.11. The van der Waals surface area contributed by atoms with E-state index < -0.39 is 17.7 Å². The van der Waals surface area contributed by atoms with E-state index in [4.69, 9.17) is 9.57 Å². The van der Waals surface area contributed by atoms with Crippen LogP contribution in [0.25, 0.3) is 0 Å². The molecule has 0 saturated carbocycles. The number of amides is 1. The number of anilines is 5. The number of rotatable bonds is 9. The third kappa shape index (κ3) is 6.23. The van der Waals surface area contributed by atoms with Gasteiger partial charge in [-0.05, 0) is 24.8 Å². The second-order valence-electron chi connectivity index (χ2n) is 9.70. The lowest BCUT2D eigenvalue weighted by molar-refractivity contribution is -0.111. The molecule has 3 aromatic rings. The summed E-state index contributed by atoms with van der Waals surface area (Å²) in [7, 11) is 1.58. The number of nitrogens with zero attached hydrogens (tertiary/aromatic N) is 5. The van der Waals surface area contributed by atoms with Crippen LogP contribution >= 0.6 is 0 Å². The number of halogens is 2. The van der Waals surface area contributed by atoms with Crippen LogP contribution in [0.5, 0.6) is 5.75 Å². The van der Waals surface area contributed by atoms with Gasteiger partial charge in [-0.15, -0.1) is 0 Å². The van der Waals surface area contributed by atoms with Crippen LogP contribution in [0, 0.1) is 11.6 Å². The van der Waals surface area contributed by atoms with Gasteiger partial charge in [-0.2, -0.15) is 0 Å². The average Bonchev–Trinajstić information content (AvgIpc) is 3.47. The summed E-state index contributed by atoms with van der Waals surface area (Å²) in [6, 6.07) is 8.38. The number of hydrogen-bond donors (Lipinski definition) is 2. The molecule has 1 atom stereocenters. The summed E-state index contributed by atoms with van der Waals surface area (Å²) < 4.78 is 33.8. The van der Waals surface area contributed by atoms with Gasteiger partial charge >= 0.3 is 0 Å². The molecule has 0 radical (unpaired) electrons. The standard InChI is InChI=1S/C29H33F2N7O3/c1-4-29(39)35-22-15-23(26(40-3)16-25(22)37-11-9-36(5-2)10-12-37)34-27-17-28(33-18-32-27)38-24(8-13-41-38)20-7-6-19(30)14-21(20)31/h4,6-7,14-18,24H,1,5,8-13H2,2-3H3,(H,35,39)(H,32,33,34)/t24-/m1/s1. The summed E-state index contributed by atoms with van der Waals surface area (Å²) >= 11 is 0. The number of carbonyl (C=O) groups is 1. The molecule has 0 aliphatic carbocycles. The van der Waals surface area contributed by atoms with Gasteiger partial charge in [-0.1, -0.05) is 19.6 Å². The average molecular weight is 566 g/mol. The van der Waals surface area contributed by atoms with Crippen molar-refractivity contribution in [1.82, 2.24) is 14.9 Å². The fourth-order valence-electron chi connectivity index (χ4n) is 5.11. The number of nitrogens with one attached hydrogen (secondary N) is 2. The van der Waals surface area contributed by atoms with Crippen LogP contribution in [0.3, 0.4) is 0 Å². The number of aromatic nitrogens is 2. The Balaban J connectivity index is 1.43. The molecule has 2 fully saturated rings. The van der Waals surface area contributed by atoms with E-state index in [9.17, 15) is 13.6 Å². The highest BCUT2D eigenvalue weighted by Crippen LogP contribution is 2.40. The van der Waals surface area contributed by atoms with E-state index in [1.54, 1.807) is 19.2 Å². The van der Waals surface area contributed by atoms with Gasteiger partial charge in [0.05, 0.1) is 36.8 Å². The molecule has 12 heteroatoms. The molecule has 5 rings (SSSR count). The molecule has 216 valence electrons. The van der Waals surface area contributed by atoms with Crippen molar-refractivity contribution < 1.29 is 23.1 Å². The van der Waals surface area contributed by atoms with Crippen LogP contribution in [0.2, 0.25) is 0 Å². The van der Waals surface area contributed by atoms with Gasteiger partial charge in [-0.25, -0.2) is 23.8 Å². The first-order valence-electron chi connectivity index (χ1n) is 13.5. The van der Waals surface area contributed by atoms with E-state index >= 15 is 0 Å². The van der Waals surface area contributed by atoms with Crippen molar-refractivity contribution in [2.75, 3.05) is 67.0 Å². The smallest absolute Gasteiger partial charge is 0.247 e. The highest BCUT2D eigenvalue weighted by Gasteiger charge is 2.31. The lowest BCUT2D eigenvalue weighted by Crippen LogP contribution is -2.46. The van der Waals surface area contributed by atoms with Crippen LogP contribution in [0.4, 0.5) is 37.5 Å². The van der Waals surface area contributed by atoms with Crippen molar-refractivity contribution in [2.45, 2.75) is 19.4 Å². The molecule has 0 spiro atoms. The topological polar surface area (TPSA) is 95.1 Å². The first-order chi connectivity index (χ1) is 19.9. The maximum Gasteiger partial charge on any atom is 0.247 e. The normalized spacial score (nSPS) is 17.4. The summed E-state index contributed by atoms with van der Waals surface area (Å²) in [4.78, 5) is 31.4. The van der Waals surface area contributed by atoms with Crippen molar-refractivity contribution in [3.63, 3.8) is 0 Å². The molecule has 2 aromatic carbocycles. The second-order valence-corrected chi connectivity index (χ2v) is 9.70. The number of carbonyl (C=O) groups excluding carboxylic acids is 1. The zero-order chi connectivity index (χ0) is 28.9. The third-order valence-corrected chi connectivity index (χ3v) is 7.29. The summed E-state index contributed by atoms with van der Waals surface area (Å²) in [6.07, 6.45) is 3.10. The Kier molecular flexibility index (Phi) is 8.60. The number of methoxy groups -OCH3 is 1.